The van der Waals surface area contributed by atoms with Gasteiger partial charge >= 0.3 is 5.97 Å². The summed E-state index contributed by atoms with van der Waals surface area (Å²) in [5.74, 6) is -0.728. The Balaban J connectivity index is 1.84. The number of allylic oxidation sites excluding steroid dienone is 1. The molecule has 0 spiro atoms. The van der Waals surface area contributed by atoms with Crippen LogP contribution in [-0.4, -0.2) is 48.8 Å². The maximum Gasteiger partial charge on any atom is 0.343 e. The second-order valence-electron chi connectivity index (χ2n) is 7.40. The van der Waals surface area contributed by atoms with Crippen LogP contribution in [0.4, 0.5) is 0 Å². The van der Waals surface area contributed by atoms with Crippen LogP contribution in [0.3, 0.4) is 0 Å². The molecule has 0 saturated carbocycles. The van der Waals surface area contributed by atoms with Crippen LogP contribution in [0, 0.1) is 5.92 Å². The van der Waals surface area contributed by atoms with E-state index in [0.717, 1.165) is 36.8 Å². The number of carbonyl (C=O) groups excluding carboxylic acids is 1. The largest absolute Gasteiger partial charge is 0.454 e. The Kier molecular flexibility index (Phi) is 4.30. The highest BCUT2D eigenvalue weighted by Crippen LogP contribution is 2.38. The SMILES string of the molecule is C[N+]1(C)CC[C@H](OC(=O)[C@](O)(c2ccccc2)C2C=CCC2)C1. The van der Waals surface area contributed by atoms with E-state index >= 15 is 0 Å². The minimum Gasteiger partial charge on any atom is -0.454 e. The number of quaternary nitrogens is 1. The Bertz CT molecular complexity index is 596. The third-order valence-electron chi connectivity index (χ3n) is 5.10. The van der Waals surface area contributed by atoms with Gasteiger partial charge in [-0.2, -0.15) is 0 Å². The Morgan fingerprint density at radius 3 is 2.57 bits per heavy atom. The Labute approximate surface area is 138 Å². The Morgan fingerprint density at radius 1 is 1.26 bits per heavy atom. The van der Waals surface area contributed by atoms with Gasteiger partial charge in [-0.3, -0.25) is 0 Å². The highest BCUT2D eigenvalue weighted by Gasteiger charge is 2.48. The van der Waals surface area contributed by atoms with Gasteiger partial charge in [0.2, 0.25) is 0 Å². The number of rotatable bonds is 4. The highest BCUT2D eigenvalue weighted by atomic mass is 16.6. The molecule has 0 bridgehead atoms. The maximum absolute atomic E-state index is 12.9. The number of likely N-dealkylation sites (tertiary alicyclic amines) is 1. The maximum atomic E-state index is 12.9. The minimum absolute atomic E-state index is 0.113. The Hall–Kier alpha value is -1.65. The Morgan fingerprint density at radius 2 is 2.00 bits per heavy atom. The van der Waals surface area contributed by atoms with E-state index in [2.05, 4.69) is 14.1 Å². The second-order valence-corrected chi connectivity index (χ2v) is 7.40. The first kappa shape index (κ1) is 16.2. The van der Waals surface area contributed by atoms with Crippen molar-refractivity contribution in [2.75, 3.05) is 27.2 Å². The van der Waals surface area contributed by atoms with E-state index in [1.54, 1.807) is 0 Å². The summed E-state index contributed by atoms with van der Waals surface area (Å²) in [6.45, 7) is 1.79. The van der Waals surface area contributed by atoms with Crippen molar-refractivity contribution in [2.45, 2.75) is 31.0 Å². The van der Waals surface area contributed by atoms with Gasteiger partial charge in [0, 0.05) is 12.3 Å². The van der Waals surface area contributed by atoms with Crippen molar-refractivity contribution < 1.29 is 19.1 Å². The molecule has 1 unspecified atom stereocenters. The minimum atomic E-state index is -1.59. The zero-order chi connectivity index (χ0) is 16.5. The second kappa shape index (κ2) is 6.10. The van der Waals surface area contributed by atoms with Gasteiger partial charge in [0.1, 0.15) is 6.54 Å². The number of benzene rings is 1. The quantitative estimate of drug-likeness (QED) is 0.526. The summed E-state index contributed by atoms with van der Waals surface area (Å²) in [6.07, 6.45) is 6.37. The van der Waals surface area contributed by atoms with Crippen molar-refractivity contribution >= 4 is 5.97 Å². The molecule has 0 radical (unpaired) electrons. The fourth-order valence-corrected chi connectivity index (χ4v) is 3.72. The van der Waals surface area contributed by atoms with Crippen molar-refractivity contribution in [3.8, 4) is 0 Å². The van der Waals surface area contributed by atoms with Crippen LogP contribution in [0.25, 0.3) is 0 Å². The molecule has 1 aliphatic heterocycles. The van der Waals surface area contributed by atoms with Crippen LogP contribution in [0.2, 0.25) is 0 Å². The molecule has 1 fully saturated rings. The molecule has 0 amide bonds. The molecule has 1 saturated heterocycles. The average Bonchev–Trinajstić information content (AvgIpc) is 3.17. The summed E-state index contributed by atoms with van der Waals surface area (Å²) in [6, 6.07) is 9.20. The van der Waals surface area contributed by atoms with Gasteiger partial charge in [-0.15, -0.1) is 0 Å². The van der Waals surface area contributed by atoms with E-state index in [1.807, 2.05) is 42.5 Å². The number of aliphatic hydroxyl groups is 1. The van der Waals surface area contributed by atoms with Crippen LogP contribution in [0.15, 0.2) is 42.5 Å². The summed E-state index contributed by atoms with van der Waals surface area (Å²) in [5.41, 5.74) is -0.970. The van der Waals surface area contributed by atoms with Crippen molar-refractivity contribution in [3.63, 3.8) is 0 Å². The van der Waals surface area contributed by atoms with E-state index in [0.29, 0.717) is 5.56 Å². The molecular formula is C19H26NO3+. The van der Waals surface area contributed by atoms with Crippen LogP contribution in [0.1, 0.15) is 24.8 Å². The summed E-state index contributed by atoms with van der Waals surface area (Å²) in [7, 11) is 4.27. The number of nitrogens with zero attached hydrogens (tertiary/aromatic N) is 1. The molecule has 0 aromatic heterocycles. The van der Waals surface area contributed by atoms with E-state index in [-0.39, 0.29) is 12.0 Å². The molecule has 1 aromatic rings. The molecule has 4 heteroatoms. The highest BCUT2D eigenvalue weighted by molar-refractivity contribution is 5.82. The summed E-state index contributed by atoms with van der Waals surface area (Å²) < 4.78 is 6.59. The van der Waals surface area contributed by atoms with Crippen molar-refractivity contribution in [1.82, 2.24) is 0 Å². The normalized spacial score (nSPS) is 28.5. The number of esters is 1. The average molecular weight is 316 g/mol. The van der Waals surface area contributed by atoms with Gasteiger partial charge in [-0.1, -0.05) is 42.5 Å². The van der Waals surface area contributed by atoms with Crippen molar-refractivity contribution in [3.05, 3.63) is 48.0 Å². The number of carbonyl (C=O) groups is 1. The van der Waals surface area contributed by atoms with Crippen LogP contribution in [-0.2, 0) is 15.1 Å². The number of likely N-dealkylation sites (N-methyl/N-ethyl adjacent to an activating group) is 1. The molecule has 1 aromatic carbocycles. The number of hydrogen-bond donors (Lipinski definition) is 1. The topological polar surface area (TPSA) is 46.5 Å². The molecule has 2 aliphatic rings. The molecule has 124 valence electrons. The third-order valence-corrected chi connectivity index (χ3v) is 5.10. The summed E-state index contributed by atoms with van der Waals surface area (Å²) >= 11 is 0. The smallest absolute Gasteiger partial charge is 0.343 e. The standard InChI is InChI=1S/C19H26NO3/c1-20(2)13-12-17(14-20)23-18(21)19(22,16-10-6-7-11-16)15-8-4-3-5-9-15/h3-6,8-10,16-17,22H,7,11-14H2,1-2H3/q+1/t16?,17-,19-/m0/s1. The van der Waals surface area contributed by atoms with E-state index < -0.39 is 11.6 Å². The predicted molar refractivity (Wildman–Crippen MR) is 88.5 cm³/mol. The molecule has 23 heavy (non-hydrogen) atoms. The molecule has 1 heterocycles. The zero-order valence-electron chi connectivity index (χ0n) is 13.9. The molecule has 1 aliphatic carbocycles. The molecule has 3 rings (SSSR count). The van der Waals surface area contributed by atoms with Gasteiger partial charge in [-0.25, -0.2) is 4.79 Å². The summed E-state index contributed by atoms with van der Waals surface area (Å²) in [4.78, 5) is 12.9. The summed E-state index contributed by atoms with van der Waals surface area (Å²) in [5, 5.41) is 11.3. The number of hydrogen-bond acceptors (Lipinski definition) is 3. The molecule has 4 nitrogen and oxygen atoms in total. The molecule has 3 atom stereocenters. The first-order valence-electron chi connectivity index (χ1n) is 8.39. The lowest BCUT2D eigenvalue weighted by Gasteiger charge is -2.32. The molecular weight excluding hydrogens is 290 g/mol. The lowest BCUT2D eigenvalue weighted by atomic mass is 9.81. The van der Waals surface area contributed by atoms with Gasteiger partial charge in [-0.05, 0) is 18.4 Å². The first-order valence-corrected chi connectivity index (χ1v) is 8.39. The van der Waals surface area contributed by atoms with Crippen molar-refractivity contribution in [2.24, 2.45) is 5.92 Å². The van der Waals surface area contributed by atoms with Crippen LogP contribution < -0.4 is 0 Å². The van der Waals surface area contributed by atoms with Gasteiger partial charge in [0.25, 0.3) is 0 Å². The number of ether oxygens (including phenoxy) is 1. The van der Waals surface area contributed by atoms with E-state index in [1.165, 1.54) is 0 Å². The fraction of sp³-hybridized carbons (Fsp3) is 0.526. The zero-order valence-corrected chi connectivity index (χ0v) is 13.9. The monoisotopic (exact) mass is 316 g/mol. The molecule has 1 N–H and O–H groups in total. The lowest BCUT2D eigenvalue weighted by molar-refractivity contribution is -0.879. The van der Waals surface area contributed by atoms with Gasteiger partial charge in [0.05, 0.1) is 20.6 Å². The van der Waals surface area contributed by atoms with Crippen molar-refractivity contribution in [1.29, 1.82) is 0 Å². The van der Waals surface area contributed by atoms with Gasteiger partial charge in [0.15, 0.2) is 11.7 Å². The van der Waals surface area contributed by atoms with Gasteiger partial charge < -0.3 is 14.3 Å². The predicted octanol–water partition coefficient (Wildman–Crippen LogP) is 2.23. The van der Waals surface area contributed by atoms with E-state index in [9.17, 15) is 9.90 Å². The fourth-order valence-electron chi connectivity index (χ4n) is 3.72. The third kappa shape index (κ3) is 3.19. The first-order chi connectivity index (χ1) is 10.9. The van der Waals surface area contributed by atoms with Crippen LogP contribution in [0.5, 0.6) is 0 Å². The lowest BCUT2D eigenvalue weighted by Crippen LogP contribution is -2.45. The van der Waals surface area contributed by atoms with E-state index in [4.69, 9.17) is 4.74 Å². The van der Waals surface area contributed by atoms with Crippen LogP contribution >= 0.6 is 0 Å².